The van der Waals surface area contributed by atoms with E-state index in [0.29, 0.717) is 10.6 Å². The molecule has 0 bridgehead atoms. The lowest BCUT2D eigenvalue weighted by molar-refractivity contribution is 0.0993. The highest BCUT2D eigenvalue weighted by Crippen LogP contribution is 2.23. The Morgan fingerprint density at radius 1 is 1.26 bits per heavy atom. The van der Waals surface area contributed by atoms with Gasteiger partial charge in [-0.1, -0.05) is 33.6 Å². The predicted molar refractivity (Wildman–Crippen MR) is 78.3 cm³/mol. The van der Waals surface area contributed by atoms with Crippen LogP contribution in [0.15, 0.2) is 40.9 Å². The molecule has 0 aliphatic heterocycles. The van der Waals surface area contributed by atoms with E-state index >= 15 is 0 Å². The summed E-state index contributed by atoms with van der Waals surface area (Å²) in [6.45, 7) is 1.79. The molecule has 2 aromatic rings. The Hall–Kier alpha value is -1.19. The summed E-state index contributed by atoms with van der Waals surface area (Å²) < 4.78 is 13.8. The van der Waals surface area contributed by atoms with Crippen LogP contribution in [0.2, 0.25) is 5.02 Å². The molecule has 2 rings (SSSR count). The maximum atomic E-state index is 13.0. The number of carbonyl (C=O) groups excluding carboxylic acids is 1. The van der Waals surface area contributed by atoms with Crippen molar-refractivity contribution in [1.82, 2.24) is 0 Å². The summed E-state index contributed by atoms with van der Waals surface area (Å²) in [5.74, 6) is -0.379. The summed E-state index contributed by atoms with van der Waals surface area (Å²) in [7, 11) is 0. The lowest BCUT2D eigenvalue weighted by Gasteiger charge is -2.07. The van der Waals surface area contributed by atoms with E-state index in [1.54, 1.807) is 31.2 Å². The van der Waals surface area contributed by atoms with Gasteiger partial charge in [-0.2, -0.15) is 0 Å². The van der Waals surface area contributed by atoms with Gasteiger partial charge >= 0.3 is 0 Å². The molecule has 0 saturated carbocycles. The summed E-state index contributed by atoms with van der Waals surface area (Å²) in [4.78, 5) is 12.2. The molecule has 0 unspecified atom stereocenters. The highest BCUT2D eigenvalue weighted by atomic mass is 79.9. The molecule has 0 spiro atoms. The Kier molecular flexibility index (Phi) is 4.38. The topological polar surface area (TPSA) is 17.1 Å². The largest absolute Gasteiger partial charge is 0.294 e. The third-order valence-corrected chi connectivity index (χ3v) is 3.71. The van der Waals surface area contributed by atoms with Gasteiger partial charge in [-0.05, 0) is 48.4 Å². The van der Waals surface area contributed by atoms with Gasteiger partial charge in [0.05, 0.1) is 5.02 Å². The van der Waals surface area contributed by atoms with E-state index in [4.69, 9.17) is 11.6 Å². The molecule has 0 saturated heterocycles. The first-order valence-electron chi connectivity index (χ1n) is 5.70. The number of benzene rings is 2. The molecule has 0 radical (unpaired) electrons. The van der Waals surface area contributed by atoms with Gasteiger partial charge in [0.2, 0.25) is 0 Å². The fraction of sp³-hybridized carbons (Fsp3) is 0.133. The van der Waals surface area contributed by atoms with Gasteiger partial charge in [0.1, 0.15) is 5.82 Å². The van der Waals surface area contributed by atoms with E-state index < -0.39 is 0 Å². The molecule has 2 aromatic carbocycles. The number of ketones is 1. The second-order valence-corrected chi connectivity index (χ2v) is 5.62. The normalized spacial score (nSPS) is 10.5. The molecule has 19 heavy (non-hydrogen) atoms. The molecular formula is C15H11BrClFO. The van der Waals surface area contributed by atoms with E-state index in [2.05, 4.69) is 15.9 Å². The van der Waals surface area contributed by atoms with Crippen LogP contribution in [0, 0.1) is 12.7 Å². The summed E-state index contributed by atoms with van der Waals surface area (Å²) in [5, 5.41) is 0.424. The summed E-state index contributed by atoms with van der Waals surface area (Å²) in [6, 6.07) is 9.57. The van der Waals surface area contributed by atoms with Crippen molar-refractivity contribution in [1.29, 1.82) is 0 Å². The van der Waals surface area contributed by atoms with E-state index in [9.17, 15) is 9.18 Å². The Labute approximate surface area is 124 Å². The third kappa shape index (κ3) is 3.43. The van der Waals surface area contributed by atoms with Crippen LogP contribution < -0.4 is 0 Å². The van der Waals surface area contributed by atoms with Gasteiger partial charge < -0.3 is 0 Å². The molecule has 1 nitrogen and oxygen atoms in total. The molecule has 0 heterocycles. The van der Waals surface area contributed by atoms with Crippen LogP contribution in [0.3, 0.4) is 0 Å². The third-order valence-electron chi connectivity index (χ3n) is 2.88. The van der Waals surface area contributed by atoms with Gasteiger partial charge in [-0.15, -0.1) is 0 Å². The molecule has 98 valence electrons. The smallest absolute Gasteiger partial charge is 0.168 e. The monoisotopic (exact) mass is 340 g/mol. The van der Waals surface area contributed by atoms with Gasteiger partial charge in [-0.25, -0.2) is 4.39 Å². The van der Waals surface area contributed by atoms with Crippen molar-refractivity contribution >= 4 is 33.3 Å². The minimum Gasteiger partial charge on any atom is -0.294 e. The fourth-order valence-corrected chi connectivity index (χ4v) is 2.42. The summed E-state index contributed by atoms with van der Waals surface area (Å²) in [5.41, 5.74) is 2.04. The maximum absolute atomic E-state index is 13.0. The lowest BCUT2D eigenvalue weighted by Crippen LogP contribution is -2.06. The first-order chi connectivity index (χ1) is 8.97. The average Bonchev–Trinajstić information content (AvgIpc) is 2.35. The standard InChI is InChI=1S/C15H11BrClFO/c1-9-6-12(18)4-2-10(9)7-15(19)13-8-11(16)3-5-14(13)17/h2-6,8H,7H2,1H3. The minimum atomic E-state index is -0.297. The Morgan fingerprint density at radius 2 is 2.00 bits per heavy atom. The van der Waals surface area contributed by atoms with E-state index in [-0.39, 0.29) is 18.0 Å². The number of Topliss-reactive ketones (excluding diaryl/α,β-unsaturated/α-hetero) is 1. The summed E-state index contributed by atoms with van der Waals surface area (Å²) in [6.07, 6.45) is 0.211. The first kappa shape index (κ1) is 14.2. The molecule has 0 atom stereocenters. The number of rotatable bonds is 3. The van der Waals surface area contributed by atoms with Crippen LogP contribution in [0.4, 0.5) is 4.39 Å². The zero-order chi connectivity index (χ0) is 14.0. The van der Waals surface area contributed by atoms with Crippen LogP contribution >= 0.6 is 27.5 Å². The molecule has 0 N–H and O–H groups in total. The van der Waals surface area contributed by atoms with Crippen LogP contribution in [0.1, 0.15) is 21.5 Å². The second kappa shape index (κ2) is 5.85. The van der Waals surface area contributed by atoms with E-state index in [0.717, 1.165) is 15.6 Å². The molecule has 0 fully saturated rings. The maximum Gasteiger partial charge on any atom is 0.168 e. The van der Waals surface area contributed by atoms with Crippen molar-refractivity contribution < 1.29 is 9.18 Å². The molecule has 0 amide bonds. The predicted octanol–water partition coefficient (Wildman–Crippen LogP) is 4.98. The van der Waals surface area contributed by atoms with Crippen molar-refractivity contribution in [2.45, 2.75) is 13.3 Å². The fourth-order valence-electron chi connectivity index (χ4n) is 1.84. The van der Waals surface area contributed by atoms with E-state index in [1.165, 1.54) is 12.1 Å². The number of carbonyl (C=O) groups is 1. The molecular weight excluding hydrogens is 331 g/mol. The van der Waals surface area contributed by atoms with Crippen LogP contribution in [-0.4, -0.2) is 5.78 Å². The molecule has 0 aliphatic carbocycles. The van der Waals surface area contributed by atoms with Crippen molar-refractivity contribution in [2.24, 2.45) is 0 Å². The quantitative estimate of drug-likeness (QED) is 0.720. The van der Waals surface area contributed by atoms with Gasteiger partial charge in [0.15, 0.2) is 5.78 Å². The van der Waals surface area contributed by atoms with Crippen molar-refractivity contribution in [2.75, 3.05) is 0 Å². The lowest BCUT2D eigenvalue weighted by atomic mass is 9.99. The van der Waals surface area contributed by atoms with Crippen LogP contribution in [0.25, 0.3) is 0 Å². The number of hydrogen-bond donors (Lipinski definition) is 0. The molecule has 0 aliphatic rings. The average molecular weight is 342 g/mol. The zero-order valence-electron chi connectivity index (χ0n) is 10.2. The van der Waals surface area contributed by atoms with Gasteiger partial charge in [0, 0.05) is 16.5 Å². The number of hydrogen-bond acceptors (Lipinski definition) is 1. The van der Waals surface area contributed by atoms with Crippen LogP contribution in [0.5, 0.6) is 0 Å². The van der Waals surface area contributed by atoms with E-state index in [1.807, 2.05) is 0 Å². The first-order valence-corrected chi connectivity index (χ1v) is 6.88. The van der Waals surface area contributed by atoms with Crippen molar-refractivity contribution in [3.05, 3.63) is 68.4 Å². The Balaban J connectivity index is 2.28. The SMILES string of the molecule is Cc1cc(F)ccc1CC(=O)c1cc(Br)ccc1Cl. The van der Waals surface area contributed by atoms with Crippen molar-refractivity contribution in [3.63, 3.8) is 0 Å². The minimum absolute atomic E-state index is 0.0824. The Bertz CT molecular complexity index is 640. The number of halogens is 3. The highest BCUT2D eigenvalue weighted by Gasteiger charge is 2.13. The second-order valence-electron chi connectivity index (χ2n) is 4.29. The zero-order valence-corrected chi connectivity index (χ0v) is 12.6. The van der Waals surface area contributed by atoms with Crippen molar-refractivity contribution in [3.8, 4) is 0 Å². The summed E-state index contributed by atoms with van der Waals surface area (Å²) >= 11 is 9.33. The highest BCUT2D eigenvalue weighted by molar-refractivity contribution is 9.10. The molecule has 4 heteroatoms. The van der Waals surface area contributed by atoms with Crippen LogP contribution in [-0.2, 0) is 6.42 Å². The van der Waals surface area contributed by atoms with Gasteiger partial charge in [-0.3, -0.25) is 4.79 Å². The van der Waals surface area contributed by atoms with Gasteiger partial charge in [0.25, 0.3) is 0 Å². The number of aryl methyl sites for hydroxylation is 1. The Morgan fingerprint density at radius 3 is 2.68 bits per heavy atom. The molecule has 0 aromatic heterocycles.